The summed E-state index contributed by atoms with van der Waals surface area (Å²) in [6.45, 7) is 2.92. The van der Waals surface area contributed by atoms with Crippen molar-refractivity contribution in [2.24, 2.45) is 0 Å². The summed E-state index contributed by atoms with van der Waals surface area (Å²) in [6.07, 6.45) is 0.201. The van der Waals surface area contributed by atoms with Crippen LogP contribution >= 0.6 is 0 Å². The van der Waals surface area contributed by atoms with E-state index in [-0.39, 0.29) is 38.6 Å². The zero-order valence-corrected chi connectivity index (χ0v) is 18.6. The molecule has 1 aromatic rings. The average molecular weight is 490 g/mol. The minimum atomic E-state index is -4.46. The van der Waals surface area contributed by atoms with Gasteiger partial charge in [0.2, 0.25) is 11.6 Å². The van der Waals surface area contributed by atoms with Gasteiger partial charge in [0.05, 0.1) is 26.8 Å². The molecule has 1 heterocycles. The fraction of sp³-hybridized carbons (Fsp3) is 0.611. The molecular formula is C18H23F4NO6S2. The number of halogens is 4. The minimum Gasteiger partial charge on any atom is -0.748 e. The van der Waals surface area contributed by atoms with E-state index in [1.165, 1.54) is 18.4 Å². The van der Waals surface area contributed by atoms with Crippen LogP contribution < -0.4 is 0 Å². The molecule has 0 radical (unpaired) electrons. The van der Waals surface area contributed by atoms with Crippen LogP contribution in [-0.4, -0.2) is 54.3 Å². The Hall–Kier alpha value is -1.57. The van der Waals surface area contributed by atoms with Crippen molar-refractivity contribution in [2.45, 2.75) is 51.4 Å². The normalized spacial score (nSPS) is 19.2. The monoisotopic (exact) mass is 489 g/mol. The lowest BCUT2D eigenvalue weighted by atomic mass is 9.75. The van der Waals surface area contributed by atoms with Crippen LogP contribution in [0.25, 0.3) is 0 Å². The van der Waals surface area contributed by atoms with Crippen molar-refractivity contribution >= 4 is 31.6 Å². The lowest BCUT2D eigenvalue weighted by Gasteiger charge is -2.23. The third kappa shape index (κ3) is 5.62. The molecule has 176 valence electrons. The van der Waals surface area contributed by atoms with E-state index in [2.05, 4.69) is 0 Å². The van der Waals surface area contributed by atoms with E-state index < -0.39 is 71.7 Å². The standard InChI is InChI=1S/C18H23F4NO6S2/c1-11-18(2,7-3-5-9-30(24,25)26)12-13(19)14(20)15(21)16(22)17(12)23(11)8-4-6-10-31(27,28)29/h3-10H2,1-2H3,(H-,24,25,26,27,28,29). The number of rotatable bonds is 10. The van der Waals surface area contributed by atoms with Crippen molar-refractivity contribution in [1.29, 1.82) is 0 Å². The van der Waals surface area contributed by atoms with Crippen LogP contribution in [0.2, 0.25) is 0 Å². The second kappa shape index (κ2) is 9.12. The molecule has 0 amide bonds. The molecule has 1 aliphatic heterocycles. The highest BCUT2D eigenvalue weighted by Crippen LogP contribution is 2.47. The summed E-state index contributed by atoms with van der Waals surface area (Å²) < 4.78 is 121. The van der Waals surface area contributed by atoms with Crippen LogP contribution in [0.15, 0.2) is 0 Å². The highest BCUT2D eigenvalue weighted by molar-refractivity contribution is 7.85. The van der Waals surface area contributed by atoms with Gasteiger partial charge < -0.3 is 4.55 Å². The second-order valence-electron chi connectivity index (χ2n) is 7.76. The first kappa shape index (κ1) is 25.7. The molecule has 1 N–H and O–H groups in total. The van der Waals surface area contributed by atoms with Crippen LogP contribution in [0, 0.1) is 23.3 Å². The lowest BCUT2D eigenvalue weighted by molar-refractivity contribution is -0.442. The smallest absolute Gasteiger partial charge is 0.264 e. The summed E-state index contributed by atoms with van der Waals surface area (Å²) in [6, 6.07) is 0. The maximum absolute atomic E-state index is 14.7. The molecule has 0 aromatic heterocycles. The Morgan fingerprint density at radius 3 is 2.00 bits per heavy atom. The van der Waals surface area contributed by atoms with Crippen molar-refractivity contribution in [3.05, 3.63) is 28.8 Å². The van der Waals surface area contributed by atoms with Crippen molar-refractivity contribution in [2.75, 3.05) is 18.1 Å². The third-order valence-electron chi connectivity index (χ3n) is 5.62. The molecule has 2 rings (SSSR count). The van der Waals surface area contributed by atoms with Gasteiger partial charge in [0.15, 0.2) is 17.3 Å². The largest absolute Gasteiger partial charge is 0.748 e. The Labute approximate surface area is 178 Å². The molecule has 0 fully saturated rings. The topological polar surface area (TPSA) is 115 Å². The van der Waals surface area contributed by atoms with Crippen LogP contribution in [0.1, 0.15) is 51.5 Å². The number of fused-ring (bicyclic) bond motifs is 1. The summed E-state index contributed by atoms with van der Waals surface area (Å²) in [7, 11) is -8.67. The summed E-state index contributed by atoms with van der Waals surface area (Å²) in [5.41, 5.74) is -1.90. The predicted octanol–water partition coefficient (Wildman–Crippen LogP) is 3.00. The van der Waals surface area contributed by atoms with Crippen molar-refractivity contribution < 1.29 is 48.1 Å². The molecule has 0 saturated heterocycles. The summed E-state index contributed by atoms with van der Waals surface area (Å²) in [5, 5.41) is 0. The second-order valence-corrected chi connectivity index (χ2v) is 10.9. The van der Waals surface area contributed by atoms with Gasteiger partial charge >= 0.3 is 0 Å². The van der Waals surface area contributed by atoms with E-state index >= 15 is 0 Å². The molecule has 0 spiro atoms. The van der Waals surface area contributed by atoms with Crippen LogP contribution in [0.3, 0.4) is 0 Å². The Balaban J connectivity index is 2.43. The lowest BCUT2D eigenvalue weighted by Crippen LogP contribution is -2.31. The van der Waals surface area contributed by atoms with E-state index in [1.807, 2.05) is 0 Å². The van der Waals surface area contributed by atoms with E-state index in [1.54, 1.807) is 0 Å². The van der Waals surface area contributed by atoms with Gasteiger partial charge in [0.25, 0.3) is 15.8 Å². The molecule has 31 heavy (non-hydrogen) atoms. The molecule has 13 heteroatoms. The number of hydrogen-bond donors (Lipinski definition) is 1. The van der Waals surface area contributed by atoms with Gasteiger partial charge in [-0.25, -0.2) is 21.6 Å². The highest BCUT2D eigenvalue weighted by atomic mass is 32.2. The van der Waals surface area contributed by atoms with Gasteiger partial charge in [0, 0.05) is 19.1 Å². The molecule has 0 aliphatic carbocycles. The number of hydrogen-bond acceptors (Lipinski definition) is 5. The SMILES string of the molecule is CC1=[N+](CCCCS(=O)(=O)O)c2c(F)c(F)c(F)c(F)c2C1(C)CCCCS(=O)(=O)[O-]. The first-order valence-corrected chi connectivity index (χ1v) is 12.7. The zero-order valence-electron chi connectivity index (χ0n) is 16.9. The fourth-order valence-corrected chi connectivity index (χ4v) is 5.05. The van der Waals surface area contributed by atoms with Crippen LogP contribution in [-0.2, 0) is 25.7 Å². The minimum absolute atomic E-state index is 0.0101. The highest BCUT2D eigenvalue weighted by Gasteiger charge is 2.51. The molecule has 7 nitrogen and oxygen atoms in total. The molecule has 1 atom stereocenters. The molecule has 1 aliphatic rings. The Morgan fingerprint density at radius 2 is 1.45 bits per heavy atom. The molecule has 0 bridgehead atoms. The van der Waals surface area contributed by atoms with Gasteiger partial charge in [-0.1, -0.05) is 6.42 Å². The van der Waals surface area contributed by atoms with Gasteiger partial charge in [-0.05, 0) is 26.2 Å². The zero-order chi connectivity index (χ0) is 23.8. The van der Waals surface area contributed by atoms with E-state index in [0.717, 1.165) is 0 Å². The Kier molecular flexibility index (Phi) is 7.56. The van der Waals surface area contributed by atoms with Crippen LogP contribution in [0.4, 0.5) is 23.2 Å². The van der Waals surface area contributed by atoms with Gasteiger partial charge in [0.1, 0.15) is 6.54 Å². The molecule has 0 saturated carbocycles. The maximum atomic E-state index is 14.7. The summed E-state index contributed by atoms with van der Waals surface area (Å²) in [4.78, 5) is 0. The van der Waals surface area contributed by atoms with Gasteiger partial charge in [-0.2, -0.15) is 17.4 Å². The Bertz CT molecular complexity index is 1120. The summed E-state index contributed by atoms with van der Waals surface area (Å²) in [5.74, 6) is -8.30. The summed E-state index contributed by atoms with van der Waals surface area (Å²) >= 11 is 0. The Morgan fingerprint density at radius 1 is 0.903 bits per heavy atom. The van der Waals surface area contributed by atoms with E-state index in [4.69, 9.17) is 4.55 Å². The molecule has 1 aromatic carbocycles. The molecular weight excluding hydrogens is 466 g/mol. The quantitative estimate of drug-likeness (QED) is 0.135. The average Bonchev–Trinajstić information content (AvgIpc) is 2.86. The predicted molar refractivity (Wildman–Crippen MR) is 103 cm³/mol. The maximum Gasteiger partial charge on any atom is 0.264 e. The van der Waals surface area contributed by atoms with Crippen molar-refractivity contribution in [1.82, 2.24) is 0 Å². The first-order valence-electron chi connectivity index (χ1n) is 9.47. The third-order valence-corrected chi connectivity index (χ3v) is 7.22. The molecule has 1 unspecified atom stereocenters. The fourth-order valence-electron chi connectivity index (χ4n) is 3.92. The van der Waals surface area contributed by atoms with Crippen LogP contribution in [0.5, 0.6) is 0 Å². The van der Waals surface area contributed by atoms with E-state index in [9.17, 15) is 39.0 Å². The van der Waals surface area contributed by atoms with Gasteiger partial charge in [-0.15, -0.1) is 0 Å². The number of nitrogens with zero attached hydrogens (tertiary/aromatic N) is 1. The van der Waals surface area contributed by atoms with Crippen molar-refractivity contribution in [3.63, 3.8) is 0 Å². The number of benzene rings is 1. The van der Waals surface area contributed by atoms with E-state index in [0.29, 0.717) is 5.71 Å². The first-order chi connectivity index (χ1) is 14.1. The van der Waals surface area contributed by atoms with Crippen molar-refractivity contribution in [3.8, 4) is 0 Å². The van der Waals surface area contributed by atoms with Gasteiger partial charge in [-0.3, -0.25) is 4.55 Å². The number of unbranched alkanes of at least 4 members (excludes halogenated alkanes) is 2.